The van der Waals surface area contributed by atoms with E-state index >= 15 is 0 Å². The highest BCUT2D eigenvalue weighted by atomic mass is 31.2. The SMILES string of the molecule is CC(C)(C)c1cc(C(C)(C)C)c(P2C[P+](c3c(C(C)(C)C)cc(C(C)(C)C)cc3C(C)(C)C)=C2[Si](C)(C)C)c(C(C)(C)C)c1. The van der Waals surface area contributed by atoms with Crippen LogP contribution >= 0.6 is 15.5 Å². The Morgan fingerprint density at radius 3 is 1.02 bits per heavy atom. The molecule has 1 aliphatic heterocycles. The Kier molecular flexibility index (Phi) is 9.81. The second-order valence-corrected chi connectivity index (χ2v) is 31.7. The van der Waals surface area contributed by atoms with E-state index in [4.69, 9.17) is 0 Å². The van der Waals surface area contributed by atoms with Gasteiger partial charge in [0.25, 0.3) is 0 Å². The minimum Gasteiger partial charge on any atom is -0.0620 e. The first kappa shape index (κ1) is 37.7. The first-order chi connectivity index (χ1) is 19.3. The maximum Gasteiger partial charge on any atom is 0.156 e. The fourth-order valence-electron chi connectivity index (χ4n) is 6.51. The first-order valence-corrected chi connectivity index (χ1v) is 23.6. The summed E-state index contributed by atoms with van der Waals surface area (Å²) < 4.78 is 2.00. The zero-order chi connectivity index (χ0) is 34.4. The van der Waals surface area contributed by atoms with Gasteiger partial charge in [-0.1, -0.05) is 169 Å². The lowest BCUT2D eigenvalue weighted by molar-refractivity contribution is 0.553. The monoisotopic (exact) mass is 651 g/mol. The van der Waals surface area contributed by atoms with Gasteiger partial charge in [-0.2, -0.15) is 0 Å². The number of hydrogen-bond acceptors (Lipinski definition) is 0. The molecule has 1 aliphatic rings. The zero-order valence-corrected chi connectivity index (χ0v) is 35.7. The number of hydrogen-bond donors (Lipinski definition) is 0. The van der Waals surface area contributed by atoms with Crippen LogP contribution in [0, 0.1) is 0 Å². The van der Waals surface area contributed by atoms with Crippen LogP contribution in [0.25, 0.3) is 0 Å². The molecular weight excluding hydrogens is 582 g/mol. The van der Waals surface area contributed by atoms with Crippen molar-refractivity contribution in [3.05, 3.63) is 57.6 Å². The van der Waals surface area contributed by atoms with Crippen molar-refractivity contribution in [1.82, 2.24) is 0 Å². The van der Waals surface area contributed by atoms with Crippen molar-refractivity contribution < 1.29 is 0 Å². The molecule has 0 amide bonds. The van der Waals surface area contributed by atoms with Crippen molar-refractivity contribution in [3.63, 3.8) is 0 Å². The summed E-state index contributed by atoms with van der Waals surface area (Å²) in [6.07, 6.45) is 0. The van der Waals surface area contributed by atoms with Crippen LogP contribution in [0.4, 0.5) is 0 Å². The van der Waals surface area contributed by atoms with Crippen molar-refractivity contribution in [1.29, 1.82) is 0 Å². The van der Waals surface area contributed by atoms with E-state index in [-0.39, 0.29) is 48.0 Å². The molecule has 0 saturated carbocycles. The van der Waals surface area contributed by atoms with Crippen molar-refractivity contribution in [2.24, 2.45) is 0 Å². The molecule has 1 heterocycles. The summed E-state index contributed by atoms with van der Waals surface area (Å²) >= 11 is 0. The minimum absolute atomic E-state index is 0.101. The quantitative estimate of drug-likeness (QED) is 0.229. The lowest BCUT2D eigenvalue weighted by Gasteiger charge is -2.41. The van der Waals surface area contributed by atoms with E-state index < -0.39 is 8.07 Å². The highest BCUT2D eigenvalue weighted by Crippen LogP contribution is 2.65. The lowest BCUT2D eigenvalue weighted by Crippen LogP contribution is -2.44. The third-order valence-electron chi connectivity index (χ3n) is 9.19. The second kappa shape index (κ2) is 11.5. The zero-order valence-electron chi connectivity index (χ0n) is 32.9. The van der Waals surface area contributed by atoms with E-state index in [1.807, 2.05) is 4.66 Å². The van der Waals surface area contributed by atoms with Crippen LogP contribution in [0.5, 0.6) is 0 Å². The molecule has 2 unspecified atom stereocenters. The maximum atomic E-state index is 2.65. The summed E-state index contributed by atoms with van der Waals surface area (Å²) in [5.74, 6) is 1.35. The Morgan fingerprint density at radius 1 is 0.477 bits per heavy atom. The molecule has 0 spiro atoms. The van der Waals surface area contributed by atoms with Gasteiger partial charge in [-0.25, -0.2) is 0 Å². The van der Waals surface area contributed by atoms with Crippen LogP contribution in [-0.2, 0) is 32.5 Å². The van der Waals surface area contributed by atoms with Gasteiger partial charge in [-0.15, -0.1) is 0 Å². The van der Waals surface area contributed by atoms with E-state index in [0.717, 1.165) is 0 Å². The van der Waals surface area contributed by atoms with Crippen LogP contribution in [-0.4, -0.2) is 18.6 Å². The van der Waals surface area contributed by atoms with Gasteiger partial charge < -0.3 is 0 Å². The summed E-state index contributed by atoms with van der Waals surface area (Å²) in [4.78, 5) is 0. The highest BCUT2D eigenvalue weighted by molar-refractivity contribution is 8.14. The molecule has 0 nitrogen and oxygen atoms in total. The molecular formula is C41H69P2Si+. The summed E-state index contributed by atoms with van der Waals surface area (Å²) in [5.41, 5.74) is 10.1. The Morgan fingerprint density at radius 2 is 0.773 bits per heavy atom. The normalized spacial score (nSPS) is 18.5. The van der Waals surface area contributed by atoms with Gasteiger partial charge in [-0.05, 0) is 60.0 Å². The molecule has 2 aromatic rings. The maximum absolute atomic E-state index is 2.65. The van der Waals surface area contributed by atoms with Crippen molar-refractivity contribution in [3.8, 4) is 0 Å². The van der Waals surface area contributed by atoms with Crippen LogP contribution in [0.15, 0.2) is 24.3 Å². The van der Waals surface area contributed by atoms with Crippen molar-refractivity contribution >= 4 is 38.8 Å². The van der Waals surface area contributed by atoms with E-state index in [1.54, 1.807) is 32.9 Å². The molecule has 0 bridgehead atoms. The van der Waals surface area contributed by atoms with Gasteiger partial charge in [0.15, 0.2) is 5.30 Å². The molecule has 0 radical (unpaired) electrons. The molecule has 246 valence electrons. The largest absolute Gasteiger partial charge is 0.156 e. The molecule has 3 rings (SSSR count). The standard InChI is InChI=1S/C41H69P2Si/c1-36(2,3)27-22-29(38(7,8)9)33(30(23-27)39(10,11)12)42-26-43(35(42)44(19,20)21)34-31(40(13,14)15)24-28(37(4,5)6)25-32(34)41(16,17)18/h22-25H,26H2,1-21H3/q+1. The Hall–Kier alpha value is -0.743. The molecule has 0 aliphatic carbocycles. The fourth-order valence-corrected chi connectivity index (χ4v) is 22.6. The van der Waals surface area contributed by atoms with E-state index in [2.05, 4.69) is 169 Å². The number of rotatable bonds is 3. The molecule has 0 N–H and O–H groups in total. The molecule has 44 heavy (non-hydrogen) atoms. The third kappa shape index (κ3) is 7.69. The van der Waals surface area contributed by atoms with Crippen LogP contribution < -0.4 is 10.6 Å². The van der Waals surface area contributed by atoms with Gasteiger partial charge in [0, 0.05) is 19.0 Å². The molecule has 2 aromatic carbocycles. The van der Waals surface area contributed by atoms with E-state index in [9.17, 15) is 0 Å². The summed E-state index contributed by atoms with van der Waals surface area (Å²) in [5, 5.41) is 3.48. The third-order valence-corrected chi connectivity index (χ3v) is 23.0. The van der Waals surface area contributed by atoms with Crippen LogP contribution in [0.2, 0.25) is 19.6 Å². The van der Waals surface area contributed by atoms with Gasteiger partial charge in [0.2, 0.25) is 0 Å². The second-order valence-electron chi connectivity index (χ2n) is 20.9. The molecule has 0 aromatic heterocycles. The van der Waals surface area contributed by atoms with Crippen molar-refractivity contribution in [2.75, 3.05) is 5.90 Å². The first-order valence-electron chi connectivity index (χ1n) is 17.1. The fraction of sp³-hybridized carbons (Fsp3) is 0.683. The van der Waals surface area contributed by atoms with Crippen LogP contribution in [0.3, 0.4) is 0 Å². The predicted octanol–water partition coefficient (Wildman–Crippen LogP) is 12.4. The van der Waals surface area contributed by atoms with Gasteiger partial charge in [0.05, 0.1) is 0 Å². The predicted molar refractivity (Wildman–Crippen MR) is 211 cm³/mol. The van der Waals surface area contributed by atoms with Gasteiger partial charge >= 0.3 is 0 Å². The minimum atomic E-state index is -1.62. The van der Waals surface area contributed by atoms with Gasteiger partial charge in [0.1, 0.15) is 26.2 Å². The van der Waals surface area contributed by atoms with Gasteiger partial charge in [-0.3, -0.25) is 0 Å². The Labute approximate surface area is 278 Å². The van der Waals surface area contributed by atoms with E-state index in [1.165, 1.54) is 17.0 Å². The average molecular weight is 652 g/mol. The summed E-state index contributed by atoms with van der Waals surface area (Å²) in [7, 11) is -2.31. The summed E-state index contributed by atoms with van der Waals surface area (Å²) in [6.45, 7) is 51.7. The molecule has 2 atom stereocenters. The highest BCUT2D eigenvalue weighted by Gasteiger charge is 2.54. The molecule has 3 heteroatoms. The Balaban J connectivity index is 2.57. The van der Waals surface area contributed by atoms with Crippen molar-refractivity contribution in [2.45, 2.75) is 177 Å². The topological polar surface area (TPSA) is 0 Å². The molecule has 0 saturated heterocycles. The average Bonchev–Trinajstić information content (AvgIpc) is 2.72. The van der Waals surface area contributed by atoms with E-state index in [0.29, 0.717) is 0 Å². The summed E-state index contributed by atoms with van der Waals surface area (Å²) in [6, 6.07) is 10.5. The number of benzene rings is 2. The van der Waals surface area contributed by atoms with Crippen LogP contribution in [0.1, 0.15) is 158 Å². The smallest absolute Gasteiger partial charge is 0.0620 e. The lowest BCUT2D eigenvalue weighted by atomic mass is 9.75. The Bertz CT molecular complexity index is 1370. The molecule has 0 fully saturated rings.